The Hall–Kier alpha value is -0.740. The number of ether oxygens (including phenoxy) is 1. The van der Waals surface area contributed by atoms with Crippen molar-refractivity contribution < 1.29 is 4.74 Å². The van der Waals surface area contributed by atoms with Crippen LogP contribution >= 0.6 is 11.6 Å². The number of aryl methyl sites for hydroxylation is 1. The Balaban J connectivity index is 2.26. The zero-order chi connectivity index (χ0) is 10.8. The van der Waals surface area contributed by atoms with Crippen molar-refractivity contribution in [2.24, 2.45) is 0 Å². The molecule has 0 aliphatic carbocycles. The van der Waals surface area contributed by atoms with Gasteiger partial charge in [0.15, 0.2) is 5.82 Å². The van der Waals surface area contributed by atoms with Gasteiger partial charge in [0.1, 0.15) is 5.02 Å². The van der Waals surface area contributed by atoms with Crippen molar-refractivity contribution >= 4 is 17.4 Å². The number of hydrogen-bond acceptors (Lipinski definition) is 3. The average Bonchev–Trinajstić information content (AvgIpc) is 2.57. The van der Waals surface area contributed by atoms with Gasteiger partial charge in [-0.05, 0) is 13.8 Å². The van der Waals surface area contributed by atoms with E-state index >= 15 is 0 Å². The van der Waals surface area contributed by atoms with Gasteiger partial charge in [0.2, 0.25) is 0 Å². The number of halogens is 1. The van der Waals surface area contributed by atoms with E-state index < -0.39 is 0 Å². The van der Waals surface area contributed by atoms with Crippen LogP contribution in [0.15, 0.2) is 0 Å². The first-order valence-corrected chi connectivity index (χ1v) is 5.67. The number of nitrogens with zero attached hydrogens (tertiary/aromatic N) is 3. The normalized spacial score (nSPS) is 17.1. The van der Waals surface area contributed by atoms with E-state index in [0.717, 1.165) is 49.4 Å². The molecule has 1 saturated heterocycles. The lowest BCUT2D eigenvalue weighted by atomic mass is 10.4. The number of anilines is 1. The van der Waals surface area contributed by atoms with Crippen molar-refractivity contribution in [3.8, 4) is 0 Å². The van der Waals surface area contributed by atoms with Gasteiger partial charge in [-0.25, -0.2) is 0 Å². The molecule has 5 heteroatoms. The molecule has 0 bridgehead atoms. The molecule has 0 aromatic carbocycles. The summed E-state index contributed by atoms with van der Waals surface area (Å²) in [6.45, 7) is 8.20. The highest BCUT2D eigenvalue weighted by Crippen LogP contribution is 2.28. The van der Waals surface area contributed by atoms with Crippen molar-refractivity contribution in [1.29, 1.82) is 0 Å². The SMILES string of the molecule is CCn1nc(N2CCOCC2)c(Cl)c1C. The Kier molecular flexibility index (Phi) is 3.17. The molecule has 0 atom stereocenters. The summed E-state index contributed by atoms with van der Waals surface area (Å²) in [6, 6.07) is 0. The van der Waals surface area contributed by atoms with E-state index in [0.29, 0.717) is 0 Å². The van der Waals surface area contributed by atoms with Crippen molar-refractivity contribution in [3.63, 3.8) is 0 Å². The summed E-state index contributed by atoms with van der Waals surface area (Å²) in [6.07, 6.45) is 0. The highest BCUT2D eigenvalue weighted by molar-refractivity contribution is 6.33. The number of hydrogen-bond donors (Lipinski definition) is 0. The van der Waals surface area contributed by atoms with Crippen LogP contribution in [0.4, 0.5) is 5.82 Å². The number of aromatic nitrogens is 2. The molecule has 0 amide bonds. The van der Waals surface area contributed by atoms with E-state index in [1.165, 1.54) is 0 Å². The monoisotopic (exact) mass is 229 g/mol. The van der Waals surface area contributed by atoms with Gasteiger partial charge in [0, 0.05) is 19.6 Å². The van der Waals surface area contributed by atoms with E-state index in [1.54, 1.807) is 0 Å². The van der Waals surface area contributed by atoms with Crippen LogP contribution in [0.1, 0.15) is 12.6 Å². The fraction of sp³-hybridized carbons (Fsp3) is 0.700. The first-order chi connectivity index (χ1) is 7.24. The summed E-state index contributed by atoms with van der Waals surface area (Å²) in [7, 11) is 0. The highest BCUT2D eigenvalue weighted by Gasteiger charge is 2.19. The Bertz CT molecular complexity index is 345. The van der Waals surface area contributed by atoms with Gasteiger partial charge < -0.3 is 9.64 Å². The van der Waals surface area contributed by atoms with Gasteiger partial charge in [0.25, 0.3) is 0 Å². The third kappa shape index (κ3) is 1.96. The zero-order valence-corrected chi connectivity index (χ0v) is 9.92. The lowest BCUT2D eigenvalue weighted by Gasteiger charge is -2.26. The molecule has 1 aromatic heterocycles. The predicted octanol–water partition coefficient (Wildman–Crippen LogP) is 1.70. The quantitative estimate of drug-likeness (QED) is 0.774. The van der Waals surface area contributed by atoms with Crippen LogP contribution in [0, 0.1) is 6.92 Å². The third-order valence-corrected chi connectivity index (χ3v) is 3.17. The predicted molar refractivity (Wildman–Crippen MR) is 60.7 cm³/mol. The fourth-order valence-electron chi connectivity index (χ4n) is 1.79. The number of rotatable bonds is 2. The van der Waals surface area contributed by atoms with Crippen molar-refractivity contribution in [1.82, 2.24) is 9.78 Å². The summed E-state index contributed by atoms with van der Waals surface area (Å²) in [5.41, 5.74) is 1.04. The Morgan fingerprint density at radius 3 is 2.60 bits per heavy atom. The molecule has 4 nitrogen and oxygen atoms in total. The van der Waals surface area contributed by atoms with Crippen LogP contribution in [-0.4, -0.2) is 36.1 Å². The lowest BCUT2D eigenvalue weighted by Crippen LogP contribution is -2.36. The molecule has 15 heavy (non-hydrogen) atoms. The second-order valence-electron chi connectivity index (χ2n) is 3.64. The first-order valence-electron chi connectivity index (χ1n) is 5.29. The molecule has 0 saturated carbocycles. The van der Waals surface area contributed by atoms with E-state index in [2.05, 4.69) is 16.9 Å². The maximum absolute atomic E-state index is 6.26. The minimum atomic E-state index is 0.758. The van der Waals surface area contributed by atoms with E-state index in [-0.39, 0.29) is 0 Å². The van der Waals surface area contributed by atoms with E-state index in [9.17, 15) is 0 Å². The standard InChI is InChI=1S/C10H16ClN3O/c1-3-14-8(2)9(11)10(12-14)13-4-6-15-7-5-13/h3-7H2,1-2H3. The highest BCUT2D eigenvalue weighted by atomic mass is 35.5. The van der Waals surface area contributed by atoms with Crippen LogP contribution < -0.4 is 4.90 Å². The molecule has 2 heterocycles. The Labute approximate surface area is 94.8 Å². The summed E-state index contributed by atoms with van der Waals surface area (Å²) in [4.78, 5) is 2.19. The van der Waals surface area contributed by atoms with Gasteiger partial charge in [-0.2, -0.15) is 5.10 Å². The van der Waals surface area contributed by atoms with E-state index in [1.807, 2.05) is 11.6 Å². The van der Waals surface area contributed by atoms with Crippen molar-refractivity contribution in [2.45, 2.75) is 20.4 Å². The molecular formula is C10H16ClN3O. The summed E-state index contributed by atoms with van der Waals surface area (Å²) in [5, 5.41) is 5.28. The molecular weight excluding hydrogens is 214 g/mol. The van der Waals surface area contributed by atoms with Crippen LogP contribution in [0.3, 0.4) is 0 Å². The zero-order valence-electron chi connectivity index (χ0n) is 9.16. The Morgan fingerprint density at radius 2 is 2.07 bits per heavy atom. The second-order valence-corrected chi connectivity index (χ2v) is 4.02. The van der Waals surface area contributed by atoms with Gasteiger partial charge in [0.05, 0.1) is 18.9 Å². The molecule has 1 aliphatic heterocycles. The smallest absolute Gasteiger partial charge is 0.169 e. The van der Waals surface area contributed by atoms with Gasteiger partial charge in [-0.3, -0.25) is 4.68 Å². The van der Waals surface area contributed by atoms with Crippen molar-refractivity contribution in [2.75, 3.05) is 31.2 Å². The molecule has 0 radical (unpaired) electrons. The Morgan fingerprint density at radius 1 is 1.40 bits per heavy atom. The lowest BCUT2D eigenvalue weighted by molar-refractivity contribution is 0.122. The summed E-state index contributed by atoms with van der Waals surface area (Å²) >= 11 is 6.26. The average molecular weight is 230 g/mol. The fourth-order valence-corrected chi connectivity index (χ4v) is 2.05. The number of morpholine rings is 1. The first kappa shape index (κ1) is 10.8. The van der Waals surface area contributed by atoms with Gasteiger partial charge in [-0.15, -0.1) is 0 Å². The third-order valence-electron chi connectivity index (χ3n) is 2.73. The topological polar surface area (TPSA) is 30.3 Å². The maximum Gasteiger partial charge on any atom is 0.169 e. The minimum absolute atomic E-state index is 0.758. The molecule has 84 valence electrons. The summed E-state index contributed by atoms with van der Waals surface area (Å²) < 4.78 is 7.24. The van der Waals surface area contributed by atoms with Crippen LogP contribution in [-0.2, 0) is 11.3 Å². The molecule has 1 aliphatic rings. The van der Waals surface area contributed by atoms with Crippen LogP contribution in [0.2, 0.25) is 5.02 Å². The van der Waals surface area contributed by atoms with Crippen molar-refractivity contribution in [3.05, 3.63) is 10.7 Å². The molecule has 0 spiro atoms. The van der Waals surface area contributed by atoms with E-state index in [4.69, 9.17) is 16.3 Å². The molecule has 2 rings (SSSR count). The van der Waals surface area contributed by atoms with Crippen LogP contribution in [0.5, 0.6) is 0 Å². The minimum Gasteiger partial charge on any atom is -0.378 e. The van der Waals surface area contributed by atoms with Crippen LogP contribution in [0.25, 0.3) is 0 Å². The summed E-state index contributed by atoms with van der Waals surface area (Å²) in [5.74, 6) is 0.902. The van der Waals surface area contributed by atoms with Gasteiger partial charge in [-0.1, -0.05) is 11.6 Å². The second kappa shape index (κ2) is 4.41. The van der Waals surface area contributed by atoms with Gasteiger partial charge >= 0.3 is 0 Å². The molecule has 0 N–H and O–H groups in total. The molecule has 1 fully saturated rings. The molecule has 1 aromatic rings. The largest absolute Gasteiger partial charge is 0.378 e. The molecule has 0 unspecified atom stereocenters. The maximum atomic E-state index is 6.26.